The highest BCUT2D eigenvalue weighted by atomic mass is 32.2. The van der Waals surface area contributed by atoms with Crippen molar-refractivity contribution in [2.45, 2.75) is 50.5 Å². The summed E-state index contributed by atoms with van der Waals surface area (Å²) >= 11 is 0. The highest BCUT2D eigenvalue weighted by molar-refractivity contribution is 7.89. The maximum absolute atomic E-state index is 12.6. The van der Waals surface area contributed by atoms with Crippen molar-refractivity contribution in [3.8, 4) is 5.75 Å². The molecular formula is C16H22N2O5S. The van der Waals surface area contributed by atoms with Crippen molar-refractivity contribution in [3.05, 3.63) is 18.2 Å². The van der Waals surface area contributed by atoms with Gasteiger partial charge in [-0.2, -0.15) is 0 Å². The van der Waals surface area contributed by atoms with Crippen LogP contribution in [0.3, 0.4) is 0 Å². The molecule has 2 amide bonds. The second-order valence-electron chi connectivity index (χ2n) is 6.67. The number of rotatable bonds is 4. The average molecular weight is 354 g/mol. The van der Waals surface area contributed by atoms with Crippen LogP contribution in [0.25, 0.3) is 0 Å². The van der Waals surface area contributed by atoms with Crippen LogP contribution in [0.15, 0.2) is 23.1 Å². The van der Waals surface area contributed by atoms with Crippen LogP contribution in [-0.2, 0) is 19.6 Å². The normalized spacial score (nSPS) is 16.4. The van der Waals surface area contributed by atoms with Gasteiger partial charge < -0.3 is 4.74 Å². The number of carbonyl (C=O) groups excluding carboxylic acids is 2. The van der Waals surface area contributed by atoms with E-state index in [4.69, 9.17) is 4.74 Å². The molecule has 0 radical (unpaired) electrons. The zero-order valence-electron chi connectivity index (χ0n) is 14.3. The Bertz CT molecular complexity index is 749. The molecule has 8 heteroatoms. The number of hydrogen-bond donors (Lipinski definition) is 1. The average Bonchev–Trinajstić information content (AvgIpc) is 2.44. The minimum atomic E-state index is -3.88. The number of carbonyl (C=O) groups is 2. The Kier molecular flexibility index (Phi) is 5.00. The van der Waals surface area contributed by atoms with E-state index in [-0.39, 0.29) is 41.0 Å². The molecule has 0 spiro atoms. The number of benzene rings is 1. The fraction of sp³-hybridized carbons (Fsp3) is 0.500. The molecule has 1 aliphatic heterocycles. The fourth-order valence-corrected chi connectivity index (χ4v) is 4.12. The molecule has 0 aliphatic carbocycles. The maximum Gasteiger partial charge on any atom is 0.244 e. The lowest BCUT2D eigenvalue weighted by Crippen LogP contribution is -2.41. The predicted octanol–water partition coefficient (Wildman–Crippen LogP) is 1.82. The molecule has 1 heterocycles. The first-order valence-electron chi connectivity index (χ1n) is 7.63. The SMILES string of the molecule is COc1ccc(N2C(=O)CCCC2=O)cc1S(=O)(=O)NC(C)(C)C. The first kappa shape index (κ1) is 18.4. The molecule has 132 valence electrons. The first-order chi connectivity index (χ1) is 11.0. The minimum absolute atomic E-state index is 0.108. The topological polar surface area (TPSA) is 92.8 Å². The zero-order chi connectivity index (χ0) is 18.1. The van der Waals surface area contributed by atoms with Crippen molar-refractivity contribution < 1.29 is 22.7 Å². The first-order valence-corrected chi connectivity index (χ1v) is 9.11. The van der Waals surface area contributed by atoms with E-state index in [1.54, 1.807) is 20.8 Å². The van der Waals surface area contributed by atoms with Gasteiger partial charge in [0.15, 0.2) is 0 Å². The van der Waals surface area contributed by atoms with Crippen molar-refractivity contribution in [1.82, 2.24) is 4.72 Å². The van der Waals surface area contributed by atoms with Crippen molar-refractivity contribution >= 4 is 27.5 Å². The highest BCUT2D eigenvalue weighted by Crippen LogP contribution is 2.31. The van der Waals surface area contributed by atoms with Crippen molar-refractivity contribution in [2.75, 3.05) is 12.0 Å². The van der Waals surface area contributed by atoms with Gasteiger partial charge in [0.2, 0.25) is 21.8 Å². The van der Waals surface area contributed by atoms with Gasteiger partial charge in [0.05, 0.1) is 12.8 Å². The molecule has 1 aliphatic rings. The Balaban J connectivity index is 2.52. The van der Waals surface area contributed by atoms with Crippen LogP contribution in [-0.4, -0.2) is 32.9 Å². The van der Waals surface area contributed by atoms with Gasteiger partial charge in [-0.3, -0.25) is 14.5 Å². The van der Waals surface area contributed by atoms with E-state index in [0.29, 0.717) is 6.42 Å². The standard InChI is InChI=1S/C16H22N2O5S/c1-16(2,3)17-24(21,22)13-10-11(8-9-12(13)23-4)18-14(19)6-5-7-15(18)20/h8-10,17H,5-7H2,1-4H3. The predicted molar refractivity (Wildman–Crippen MR) is 89.4 cm³/mol. The molecule has 2 rings (SSSR count). The molecule has 1 N–H and O–H groups in total. The van der Waals surface area contributed by atoms with E-state index in [1.165, 1.54) is 25.3 Å². The molecule has 1 saturated heterocycles. The van der Waals surface area contributed by atoms with Crippen LogP contribution in [0.4, 0.5) is 5.69 Å². The number of methoxy groups -OCH3 is 1. The highest BCUT2D eigenvalue weighted by Gasteiger charge is 2.31. The van der Waals surface area contributed by atoms with Crippen molar-refractivity contribution in [2.24, 2.45) is 0 Å². The molecule has 1 fully saturated rings. The Morgan fingerprint density at radius 3 is 2.21 bits per heavy atom. The molecule has 7 nitrogen and oxygen atoms in total. The summed E-state index contributed by atoms with van der Waals surface area (Å²) in [4.78, 5) is 25.0. The molecule has 0 saturated carbocycles. The number of sulfonamides is 1. The minimum Gasteiger partial charge on any atom is -0.495 e. The third-order valence-electron chi connectivity index (χ3n) is 3.42. The largest absolute Gasteiger partial charge is 0.495 e. The van der Waals surface area contributed by atoms with Gasteiger partial charge in [-0.1, -0.05) is 0 Å². The van der Waals surface area contributed by atoms with Gasteiger partial charge in [0.1, 0.15) is 10.6 Å². The second kappa shape index (κ2) is 6.52. The van der Waals surface area contributed by atoms with Crippen molar-refractivity contribution in [3.63, 3.8) is 0 Å². The molecule has 1 aromatic rings. The van der Waals surface area contributed by atoms with Crippen LogP contribution in [0.5, 0.6) is 5.75 Å². The Labute approximate surface area is 142 Å². The number of piperidine rings is 1. The van der Waals surface area contributed by atoms with Crippen molar-refractivity contribution in [1.29, 1.82) is 0 Å². The Hall–Kier alpha value is -1.93. The van der Waals surface area contributed by atoms with Crippen LogP contribution < -0.4 is 14.4 Å². The summed E-state index contributed by atoms with van der Waals surface area (Å²) in [6.45, 7) is 5.16. The third-order valence-corrected chi connectivity index (χ3v) is 5.19. The van der Waals surface area contributed by atoms with Crippen LogP contribution >= 0.6 is 0 Å². The van der Waals surface area contributed by atoms with Crippen LogP contribution in [0.2, 0.25) is 0 Å². The van der Waals surface area contributed by atoms with Gasteiger partial charge in [-0.25, -0.2) is 13.1 Å². The number of ether oxygens (including phenoxy) is 1. The quantitative estimate of drug-likeness (QED) is 0.833. The lowest BCUT2D eigenvalue weighted by molar-refractivity contribution is -0.129. The van der Waals surface area contributed by atoms with Gasteiger partial charge >= 0.3 is 0 Å². The molecule has 24 heavy (non-hydrogen) atoms. The van der Waals surface area contributed by atoms with Crippen LogP contribution in [0.1, 0.15) is 40.0 Å². The monoisotopic (exact) mass is 354 g/mol. The van der Waals surface area contributed by atoms with Crippen LogP contribution in [0, 0.1) is 0 Å². The smallest absolute Gasteiger partial charge is 0.244 e. The third kappa shape index (κ3) is 3.93. The summed E-state index contributed by atoms with van der Waals surface area (Å²) in [6, 6.07) is 4.26. The summed E-state index contributed by atoms with van der Waals surface area (Å²) in [6.07, 6.45) is 1.04. The Morgan fingerprint density at radius 2 is 1.71 bits per heavy atom. The van der Waals surface area contributed by atoms with E-state index in [1.807, 2.05) is 0 Å². The molecule has 0 aromatic heterocycles. The maximum atomic E-state index is 12.6. The number of hydrogen-bond acceptors (Lipinski definition) is 5. The van der Waals surface area contributed by atoms with E-state index >= 15 is 0 Å². The molecule has 1 aromatic carbocycles. The summed E-state index contributed by atoms with van der Waals surface area (Å²) in [5.41, 5.74) is -0.448. The van der Waals surface area contributed by atoms with Gasteiger partial charge in [0, 0.05) is 18.4 Å². The summed E-state index contributed by atoms with van der Waals surface area (Å²) in [5.74, 6) is -0.514. The number of nitrogens with zero attached hydrogens (tertiary/aromatic N) is 1. The number of amides is 2. The van der Waals surface area contributed by atoms with E-state index < -0.39 is 15.6 Å². The lowest BCUT2D eigenvalue weighted by atomic mass is 10.1. The summed E-state index contributed by atoms with van der Waals surface area (Å²) in [5, 5.41) is 0. The zero-order valence-corrected chi connectivity index (χ0v) is 15.1. The summed E-state index contributed by atoms with van der Waals surface area (Å²) in [7, 11) is -2.52. The van der Waals surface area contributed by atoms with E-state index in [0.717, 1.165) is 4.90 Å². The van der Waals surface area contributed by atoms with Gasteiger partial charge in [0.25, 0.3) is 0 Å². The number of imide groups is 1. The second-order valence-corrected chi connectivity index (χ2v) is 8.32. The number of anilines is 1. The molecule has 0 atom stereocenters. The Morgan fingerprint density at radius 1 is 1.12 bits per heavy atom. The van der Waals surface area contributed by atoms with Gasteiger partial charge in [-0.15, -0.1) is 0 Å². The molecule has 0 unspecified atom stereocenters. The van der Waals surface area contributed by atoms with Gasteiger partial charge in [-0.05, 0) is 45.4 Å². The molecular weight excluding hydrogens is 332 g/mol. The molecule has 0 bridgehead atoms. The lowest BCUT2D eigenvalue weighted by Gasteiger charge is -2.26. The summed E-state index contributed by atoms with van der Waals surface area (Å²) < 4.78 is 33.0. The van der Waals surface area contributed by atoms with E-state index in [2.05, 4.69) is 4.72 Å². The fourth-order valence-electron chi connectivity index (χ4n) is 2.51. The number of nitrogens with one attached hydrogen (secondary N) is 1. The van der Waals surface area contributed by atoms with E-state index in [9.17, 15) is 18.0 Å².